The van der Waals surface area contributed by atoms with Crippen molar-refractivity contribution in [2.24, 2.45) is 0 Å². The molecule has 0 unspecified atom stereocenters. The Kier molecular flexibility index (Phi) is 3.79. The average molecular weight is 255 g/mol. The molecule has 0 bridgehead atoms. The third-order valence-corrected chi connectivity index (χ3v) is 2.94. The molecule has 0 radical (unpaired) electrons. The highest BCUT2D eigenvalue weighted by Crippen LogP contribution is 2.34. The van der Waals surface area contributed by atoms with E-state index in [4.69, 9.17) is 4.74 Å². The lowest BCUT2D eigenvalue weighted by Gasteiger charge is -2.13. The zero-order valence-corrected chi connectivity index (χ0v) is 9.86. The van der Waals surface area contributed by atoms with E-state index in [9.17, 15) is 13.6 Å². The van der Waals surface area contributed by atoms with Crippen LogP contribution in [0.2, 0.25) is 0 Å². The Balaban J connectivity index is 1.73. The van der Waals surface area contributed by atoms with Crippen LogP contribution >= 0.6 is 0 Å². The molecule has 98 valence electrons. The number of amides is 1. The lowest BCUT2D eigenvalue weighted by Crippen LogP contribution is -2.34. The van der Waals surface area contributed by atoms with E-state index in [0.717, 1.165) is 5.56 Å². The largest absolute Gasteiger partial charge is 0.445 e. The SMILES string of the molecule is O=C(N[C@H]1CCC(F)(F)C1)OCc1ccccc1. The van der Waals surface area contributed by atoms with E-state index in [2.05, 4.69) is 5.32 Å². The predicted molar refractivity (Wildman–Crippen MR) is 62.3 cm³/mol. The Morgan fingerprint density at radius 1 is 1.39 bits per heavy atom. The molecule has 0 aromatic heterocycles. The number of nitrogens with one attached hydrogen (secondary N) is 1. The number of alkyl carbamates (subject to hydrolysis) is 1. The van der Waals surface area contributed by atoms with Crippen LogP contribution in [-0.2, 0) is 11.3 Å². The minimum absolute atomic E-state index is 0.149. The third kappa shape index (κ3) is 3.68. The van der Waals surface area contributed by atoms with Gasteiger partial charge in [0.15, 0.2) is 0 Å². The molecule has 1 saturated carbocycles. The second-order valence-corrected chi connectivity index (χ2v) is 4.50. The molecule has 1 aromatic carbocycles. The smallest absolute Gasteiger partial charge is 0.407 e. The number of halogens is 2. The summed E-state index contributed by atoms with van der Waals surface area (Å²) in [5, 5.41) is 2.46. The van der Waals surface area contributed by atoms with Gasteiger partial charge in [0.2, 0.25) is 5.92 Å². The van der Waals surface area contributed by atoms with Gasteiger partial charge in [0.25, 0.3) is 0 Å². The Bertz CT molecular complexity index is 409. The first-order valence-corrected chi connectivity index (χ1v) is 5.90. The molecule has 1 N–H and O–H groups in total. The van der Waals surface area contributed by atoms with Crippen molar-refractivity contribution < 1.29 is 18.3 Å². The van der Waals surface area contributed by atoms with Crippen molar-refractivity contribution in [1.82, 2.24) is 5.32 Å². The van der Waals surface area contributed by atoms with Crippen molar-refractivity contribution in [2.75, 3.05) is 0 Å². The number of alkyl halides is 2. The standard InChI is InChI=1S/C13H15F2NO2/c14-13(15)7-6-11(8-13)16-12(17)18-9-10-4-2-1-3-5-10/h1-5,11H,6-9H2,(H,16,17)/t11-/m0/s1. The van der Waals surface area contributed by atoms with Gasteiger partial charge in [-0.2, -0.15) is 0 Å². The lowest BCUT2D eigenvalue weighted by molar-refractivity contribution is 0.00693. The normalized spacial score (nSPS) is 21.6. The Morgan fingerprint density at radius 3 is 2.72 bits per heavy atom. The van der Waals surface area contributed by atoms with Gasteiger partial charge in [-0.3, -0.25) is 0 Å². The number of rotatable bonds is 3. The van der Waals surface area contributed by atoms with Crippen LogP contribution in [-0.4, -0.2) is 18.1 Å². The van der Waals surface area contributed by atoms with Crippen molar-refractivity contribution >= 4 is 6.09 Å². The van der Waals surface area contributed by atoms with Crippen LogP contribution in [0.15, 0.2) is 30.3 Å². The van der Waals surface area contributed by atoms with E-state index in [1.807, 2.05) is 30.3 Å². The van der Waals surface area contributed by atoms with E-state index in [1.165, 1.54) is 0 Å². The molecule has 1 atom stereocenters. The molecule has 18 heavy (non-hydrogen) atoms. The maximum atomic E-state index is 12.9. The molecule has 5 heteroatoms. The predicted octanol–water partition coefficient (Wildman–Crippen LogP) is 3.10. The summed E-state index contributed by atoms with van der Waals surface area (Å²) in [7, 11) is 0. The van der Waals surface area contributed by atoms with Crippen molar-refractivity contribution in [3.63, 3.8) is 0 Å². The number of carbonyl (C=O) groups is 1. The molecule has 0 spiro atoms. The fraction of sp³-hybridized carbons (Fsp3) is 0.462. The minimum Gasteiger partial charge on any atom is -0.445 e. The molecule has 3 nitrogen and oxygen atoms in total. The lowest BCUT2D eigenvalue weighted by atomic mass is 10.2. The number of benzene rings is 1. The van der Waals surface area contributed by atoms with Crippen LogP contribution in [0.25, 0.3) is 0 Å². The molecule has 1 amide bonds. The third-order valence-electron chi connectivity index (χ3n) is 2.94. The van der Waals surface area contributed by atoms with Gasteiger partial charge in [0, 0.05) is 18.9 Å². The van der Waals surface area contributed by atoms with Crippen molar-refractivity contribution in [1.29, 1.82) is 0 Å². The summed E-state index contributed by atoms with van der Waals surface area (Å²) in [6, 6.07) is 8.73. The summed E-state index contributed by atoms with van der Waals surface area (Å²) < 4.78 is 30.8. The summed E-state index contributed by atoms with van der Waals surface area (Å²) in [5.74, 6) is -2.66. The van der Waals surface area contributed by atoms with Crippen molar-refractivity contribution in [3.8, 4) is 0 Å². The molecular weight excluding hydrogens is 240 g/mol. The van der Waals surface area contributed by atoms with Gasteiger partial charge in [0.05, 0.1) is 0 Å². The summed E-state index contributed by atoms with van der Waals surface area (Å²) in [5.41, 5.74) is 0.865. The Hall–Kier alpha value is -1.65. The van der Waals surface area contributed by atoms with Crippen LogP contribution in [0.1, 0.15) is 24.8 Å². The van der Waals surface area contributed by atoms with Gasteiger partial charge in [-0.15, -0.1) is 0 Å². The van der Waals surface area contributed by atoms with Crippen LogP contribution < -0.4 is 5.32 Å². The van der Waals surface area contributed by atoms with Gasteiger partial charge in [0.1, 0.15) is 6.61 Å². The number of carbonyl (C=O) groups excluding carboxylic acids is 1. The fourth-order valence-corrected chi connectivity index (χ4v) is 2.00. The number of hydrogen-bond donors (Lipinski definition) is 1. The van der Waals surface area contributed by atoms with Crippen LogP contribution in [0, 0.1) is 0 Å². The first-order valence-electron chi connectivity index (χ1n) is 5.90. The second kappa shape index (κ2) is 5.33. The van der Waals surface area contributed by atoms with Gasteiger partial charge in [-0.05, 0) is 12.0 Å². The molecule has 1 aliphatic carbocycles. The van der Waals surface area contributed by atoms with Gasteiger partial charge in [-0.25, -0.2) is 13.6 Å². The summed E-state index contributed by atoms with van der Waals surface area (Å²) in [4.78, 5) is 11.4. The van der Waals surface area contributed by atoms with Crippen molar-refractivity contribution in [3.05, 3.63) is 35.9 Å². The Labute approximate surface area is 104 Å². The monoisotopic (exact) mass is 255 g/mol. The molecule has 1 fully saturated rings. The van der Waals surface area contributed by atoms with Crippen LogP contribution in [0.5, 0.6) is 0 Å². The van der Waals surface area contributed by atoms with E-state index in [0.29, 0.717) is 6.42 Å². The van der Waals surface area contributed by atoms with Crippen LogP contribution in [0.3, 0.4) is 0 Å². The first-order chi connectivity index (χ1) is 8.55. The van der Waals surface area contributed by atoms with Crippen molar-refractivity contribution in [2.45, 2.75) is 37.8 Å². The van der Waals surface area contributed by atoms with E-state index < -0.39 is 18.1 Å². The van der Waals surface area contributed by atoms with E-state index in [-0.39, 0.29) is 19.4 Å². The van der Waals surface area contributed by atoms with E-state index >= 15 is 0 Å². The summed E-state index contributed by atoms with van der Waals surface area (Å²) in [6.45, 7) is 0.149. The highest BCUT2D eigenvalue weighted by atomic mass is 19.3. The average Bonchev–Trinajstić information content (AvgIpc) is 2.67. The maximum absolute atomic E-state index is 12.9. The summed E-state index contributed by atoms with van der Waals surface area (Å²) >= 11 is 0. The second-order valence-electron chi connectivity index (χ2n) is 4.50. The first kappa shape index (κ1) is 12.8. The molecule has 1 aromatic rings. The molecule has 1 aliphatic rings. The number of ether oxygens (including phenoxy) is 1. The fourth-order valence-electron chi connectivity index (χ4n) is 2.00. The maximum Gasteiger partial charge on any atom is 0.407 e. The summed E-state index contributed by atoms with van der Waals surface area (Å²) in [6.07, 6.45) is -0.807. The van der Waals surface area contributed by atoms with Crippen LogP contribution in [0.4, 0.5) is 13.6 Å². The minimum atomic E-state index is -2.66. The molecule has 0 aliphatic heterocycles. The quantitative estimate of drug-likeness (QED) is 0.901. The van der Waals surface area contributed by atoms with Gasteiger partial charge < -0.3 is 10.1 Å². The number of hydrogen-bond acceptors (Lipinski definition) is 2. The van der Waals surface area contributed by atoms with Gasteiger partial charge >= 0.3 is 6.09 Å². The molecular formula is C13H15F2NO2. The Morgan fingerprint density at radius 2 is 2.11 bits per heavy atom. The zero-order chi connectivity index (χ0) is 13.0. The van der Waals surface area contributed by atoms with E-state index in [1.54, 1.807) is 0 Å². The molecule has 0 heterocycles. The highest BCUT2D eigenvalue weighted by molar-refractivity contribution is 5.67. The van der Waals surface area contributed by atoms with Gasteiger partial charge in [-0.1, -0.05) is 30.3 Å². The zero-order valence-electron chi connectivity index (χ0n) is 9.86. The topological polar surface area (TPSA) is 38.3 Å². The molecule has 0 saturated heterocycles. The highest BCUT2D eigenvalue weighted by Gasteiger charge is 2.40. The molecule has 2 rings (SSSR count).